The van der Waals surface area contributed by atoms with Crippen LogP contribution in [0.25, 0.3) is 0 Å². The molecule has 0 spiro atoms. The van der Waals surface area contributed by atoms with Crippen molar-refractivity contribution in [3.8, 4) is 0 Å². The Kier molecular flexibility index (Phi) is 3.11. The molecule has 0 aliphatic rings. The first-order valence-corrected chi connectivity index (χ1v) is 4.90. The number of nitrogen functional groups attached to an aromatic ring is 1. The maximum absolute atomic E-state index is 5.74. The number of nitrogens with two attached hydrogens (primary N) is 1. The summed E-state index contributed by atoms with van der Waals surface area (Å²) in [5, 5.41) is 3.34. The molecule has 2 heterocycles. The Morgan fingerprint density at radius 2 is 2.25 bits per heavy atom. The number of hydrogen-bond acceptors (Lipinski definition) is 6. The zero-order valence-corrected chi connectivity index (χ0v) is 9.02. The highest BCUT2D eigenvalue weighted by Crippen LogP contribution is 2.12. The van der Waals surface area contributed by atoms with Crippen LogP contribution in [0.5, 0.6) is 0 Å². The lowest BCUT2D eigenvalue weighted by atomic mass is 10.4. The number of aromatic nitrogens is 4. The molecule has 0 saturated heterocycles. The van der Waals surface area contributed by atoms with Crippen LogP contribution in [0, 0.1) is 0 Å². The summed E-state index contributed by atoms with van der Waals surface area (Å²) in [5.74, 6) is 0.703. The van der Waals surface area contributed by atoms with Gasteiger partial charge in [-0.3, -0.25) is 0 Å². The van der Waals surface area contributed by atoms with Gasteiger partial charge in [-0.2, -0.15) is 4.98 Å². The van der Waals surface area contributed by atoms with Gasteiger partial charge >= 0.3 is 0 Å². The Morgan fingerprint density at radius 3 is 2.94 bits per heavy atom. The van der Waals surface area contributed by atoms with Crippen LogP contribution >= 0.6 is 11.6 Å². The van der Waals surface area contributed by atoms with Crippen LogP contribution in [-0.4, -0.2) is 19.9 Å². The molecule has 82 valence electrons. The molecule has 0 aliphatic heterocycles. The molecule has 0 unspecified atom stereocenters. The topological polar surface area (TPSA) is 89.6 Å². The number of anilines is 2. The molecule has 2 aromatic heterocycles. The molecule has 2 aromatic rings. The molecular formula is C9H9ClN6. The van der Waals surface area contributed by atoms with Gasteiger partial charge in [-0.15, -0.1) is 0 Å². The van der Waals surface area contributed by atoms with E-state index in [0.717, 1.165) is 5.69 Å². The smallest absolute Gasteiger partial charge is 0.223 e. The molecule has 0 aliphatic carbocycles. The van der Waals surface area contributed by atoms with Gasteiger partial charge in [0.15, 0.2) is 0 Å². The quantitative estimate of drug-likeness (QED) is 0.776. The molecule has 16 heavy (non-hydrogen) atoms. The molecule has 0 atom stereocenters. The monoisotopic (exact) mass is 236 g/mol. The minimum absolute atomic E-state index is 0.137. The van der Waals surface area contributed by atoms with Gasteiger partial charge in [0.2, 0.25) is 5.95 Å². The van der Waals surface area contributed by atoms with E-state index in [-0.39, 0.29) is 5.95 Å². The summed E-state index contributed by atoms with van der Waals surface area (Å²) < 4.78 is 0. The third-order valence-corrected chi connectivity index (χ3v) is 2.00. The highest BCUT2D eigenvalue weighted by Gasteiger charge is 2.00. The van der Waals surface area contributed by atoms with Crippen molar-refractivity contribution in [3.05, 3.63) is 35.5 Å². The van der Waals surface area contributed by atoms with Gasteiger partial charge in [-0.1, -0.05) is 11.6 Å². The van der Waals surface area contributed by atoms with Crippen LogP contribution in [0.15, 0.2) is 24.7 Å². The summed E-state index contributed by atoms with van der Waals surface area (Å²) in [7, 11) is 0. The van der Waals surface area contributed by atoms with Gasteiger partial charge < -0.3 is 11.1 Å². The Labute approximate surface area is 96.9 Å². The molecule has 2 rings (SSSR count). The average molecular weight is 237 g/mol. The van der Waals surface area contributed by atoms with Gasteiger partial charge in [-0.05, 0) is 6.07 Å². The van der Waals surface area contributed by atoms with Crippen LogP contribution in [0.2, 0.25) is 5.15 Å². The van der Waals surface area contributed by atoms with Crippen molar-refractivity contribution < 1.29 is 0 Å². The van der Waals surface area contributed by atoms with Crippen molar-refractivity contribution in [3.63, 3.8) is 0 Å². The maximum Gasteiger partial charge on any atom is 0.223 e. The number of nitrogens with one attached hydrogen (secondary N) is 1. The van der Waals surface area contributed by atoms with Crippen LogP contribution in [0.1, 0.15) is 5.69 Å². The number of hydrogen-bond donors (Lipinski definition) is 2. The van der Waals surface area contributed by atoms with Crippen molar-refractivity contribution in [1.29, 1.82) is 0 Å². The standard InChI is InChI=1S/C9H9ClN6/c10-7-3-8(16-9(11)15-7)13-4-6-1-2-12-5-14-6/h1-3,5H,4H2,(H3,11,13,15,16). The lowest BCUT2D eigenvalue weighted by molar-refractivity contribution is 0.993. The van der Waals surface area contributed by atoms with Gasteiger partial charge in [0.1, 0.15) is 17.3 Å². The molecule has 3 N–H and O–H groups in total. The summed E-state index contributed by atoms with van der Waals surface area (Å²) in [4.78, 5) is 15.6. The van der Waals surface area contributed by atoms with Gasteiger partial charge in [0.25, 0.3) is 0 Å². The van der Waals surface area contributed by atoms with E-state index in [2.05, 4.69) is 25.3 Å². The van der Waals surface area contributed by atoms with Crippen LogP contribution in [0.4, 0.5) is 11.8 Å². The van der Waals surface area contributed by atoms with Gasteiger partial charge in [0, 0.05) is 12.3 Å². The van der Waals surface area contributed by atoms with E-state index in [9.17, 15) is 0 Å². The summed E-state index contributed by atoms with van der Waals surface area (Å²) in [6.07, 6.45) is 3.16. The molecule has 0 amide bonds. The molecule has 0 saturated carbocycles. The second-order valence-corrected chi connectivity index (χ2v) is 3.38. The Morgan fingerprint density at radius 1 is 1.38 bits per heavy atom. The van der Waals surface area contributed by atoms with E-state index in [1.807, 2.05) is 0 Å². The van der Waals surface area contributed by atoms with Gasteiger partial charge in [-0.25, -0.2) is 15.0 Å². The first kappa shape index (κ1) is 10.6. The molecule has 6 nitrogen and oxygen atoms in total. The van der Waals surface area contributed by atoms with E-state index in [0.29, 0.717) is 17.5 Å². The Hall–Kier alpha value is -1.95. The number of rotatable bonds is 3. The highest BCUT2D eigenvalue weighted by atomic mass is 35.5. The average Bonchev–Trinajstić information content (AvgIpc) is 2.27. The first-order valence-electron chi connectivity index (χ1n) is 4.53. The lowest BCUT2D eigenvalue weighted by Gasteiger charge is -2.05. The van der Waals surface area contributed by atoms with Gasteiger partial charge in [0.05, 0.1) is 12.2 Å². The van der Waals surface area contributed by atoms with Crippen molar-refractivity contribution in [1.82, 2.24) is 19.9 Å². The molecular weight excluding hydrogens is 228 g/mol. The van der Waals surface area contributed by atoms with Crippen molar-refractivity contribution in [2.75, 3.05) is 11.1 Å². The lowest BCUT2D eigenvalue weighted by Crippen LogP contribution is -2.05. The van der Waals surface area contributed by atoms with Crippen LogP contribution < -0.4 is 11.1 Å². The van der Waals surface area contributed by atoms with E-state index in [4.69, 9.17) is 17.3 Å². The van der Waals surface area contributed by atoms with E-state index in [1.165, 1.54) is 6.33 Å². The first-order chi connectivity index (χ1) is 7.74. The van der Waals surface area contributed by atoms with E-state index >= 15 is 0 Å². The SMILES string of the molecule is Nc1nc(Cl)cc(NCc2ccncn2)n1. The third kappa shape index (κ3) is 2.77. The number of halogens is 1. The van der Waals surface area contributed by atoms with Crippen LogP contribution in [-0.2, 0) is 6.54 Å². The Balaban J connectivity index is 2.05. The molecule has 0 radical (unpaired) electrons. The fourth-order valence-electron chi connectivity index (χ4n) is 1.13. The zero-order chi connectivity index (χ0) is 11.4. The normalized spacial score (nSPS) is 10.1. The minimum atomic E-state index is 0.137. The van der Waals surface area contributed by atoms with Crippen LogP contribution in [0.3, 0.4) is 0 Å². The zero-order valence-electron chi connectivity index (χ0n) is 8.26. The van der Waals surface area contributed by atoms with Crippen molar-refractivity contribution in [2.24, 2.45) is 0 Å². The van der Waals surface area contributed by atoms with E-state index in [1.54, 1.807) is 18.3 Å². The largest absolute Gasteiger partial charge is 0.368 e. The highest BCUT2D eigenvalue weighted by molar-refractivity contribution is 6.29. The summed E-state index contributed by atoms with van der Waals surface area (Å²) in [6, 6.07) is 3.40. The molecule has 0 fully saturated rings. The molecule has 0 aromatic carbocycles. The second-order valence-electron chi connectivity index (χ2n) is 2.99. The number of nitrogens with zero attached hydrogens (tertiary/aromatic N) is 4. The predicted molar refractivity (Wildman–Crippen MR) is 60.8 cm³/mol. The predicted octanol–water partition coefficient (Wildman–Crippen LogP) is 1.11. The third-order valence-electron chi connectivity index (χ3n) is 1.81. The van der Waals surface area contributed by atoms with E-state index < -0.39 is 0 Å². The fraction of sp³-hybridized carbons (Fsp3) is 0.111. The summed E-state index contributed by atoms with van der Waals surface area (Å²) >= 11 is 5.74. The maximum atomic E-state index is 5.74. The summed E-state index contributed by atoms with van der Waals surface area (Å²) in [6.45, 7) is 0.523. The van der Waals surface area contributed by atoms with Crippen molar-refractivity contribution >= 4 is 23.4 Å². The molecule has 0 bridgehead atoms. The minimum Gasteiger partial charge on any atom is -0.368 e. The summed E-state index contributed by atoms with van der Waals surface area (Å²) in [5.41, 5.74) is 6.31. The van der Waals surface area contributed by atoms with Crippen molar-refractivity contribution in [2.45, 2.75) is 6.54 Å². The molecule has 7 heteroatoms. The Bertz CT molecular complexity index is 454. The fourth-order valence-corrected chi connectivity index (χ4v) is 1.32. The second kappa shape index (κ2) is 4.71.